The van der Waals surface area contributed by atoms with Crippen LogP contribution in [0.4, 0.5) is 0 Å². The fraction of sp³-hybridized carbons (Fsp3) is 1.00. The summed E-state index contributed by atoms with van der Waals surface area (Å²) < 4.78 is 6.05. The first-order valence-electron chi connectivity index (χ1n) is 5.02. The molecule has 1 saturated heterocycles. The molecule has 2 nitrogen and oxygen atoms in total. The summed E-state index contributed by atoms with van der Waals surface area (Å²) in [6.07, 6.45) is 4.50. The Labute approximate surface area is 84.6 Å². The molecular formula is C10H19NOS. The summed E-state index contributed by atoms with van der Waals surface area (Å²) in [7, 11) is 0. The third-order valence-electron chi connectivity index (χ3n) is 3.78. The molecule has 3 heteroatoms. The van der Waals surface area contributed by atoms with E-state index in [9.17, 15) is 0 Å². The molecule has 0 aromatic rings. The molecule has 76 valence electrons. The molecule has 1 aliphatic carbocycles. The smallest absolute Gasteiger partial charge is 0.0850 e. The summed E-state index contributed by atoms with van der Waals surface area (Å²) >= 11 is 1.89. The lowest BCUT2D eigenvalue weighted by molar-refractivity contribution is 0.0813. The Morgan fingerprint density at radius 1 is 1.46 bits per heavy atom. The molecule has 0 aromatic carbocycles. The van der Waals surface area contributed by atoms with Crippen LogP contribution in [0.5, 0.6) is 0 Å². The van der Waals surface area contributed by atoms with Crippen LogP contribution in [0.2, 0.25) is 0 Å². The molecule has 2 fully saturated rings. The Hall–Kier alpha value is 0.270. The van der Waals surface area contributed by atoms with Crippen LogP contribution in [0, 0.1) is 5.92 Å². The molecule has 0 aromatic heterocycles. The van der Waals surface area contributed by atoms with Crippen LogP contribution in [-0.2, 0) is 4.74 Å². The molecule has 13 heavy (non-hydrogen) atoms. The Kier molecular flexibility index (Phi) is 2.17. The third kappa shape index (κ3) is 1.17. The van der Waals surface area contributed by atoms with Gasteiger partial charge in [0.15, 0.2) is 0 Å². The van der Waals surface area contributed by atoms with Crippen LogP contribution in [0.25, 0.3) is 0 Å². The fourth-order valence-corrected chi connectivity index (χ4v) is 3.52. The summed E-state index contributed by atoms with van der Waals surface area (Å²) in [5.74, 6) is 0.595. The topological polar surface area (TPSA) is 35.2 Å². The van der Waals surface area contributed by atoms with Crippen LogP contribution < -0.4 is 5.73 Å². The molecular weight excluding hydrogens is 182 g/mol. The van der Waals surface area contributed by atoms with E-state index < -0.39 is 0 Å². The number of nitrogens with two attached hydrogens (primary N) is 1. The van der Waals surface area contributed by atoms with Gasteiger partial charge in [-0.3, -0.25) is 0 Å². The van der Waals surface area contributed by atoms with Gasteiger partial charge in [0, 0.05) is 0 Å². The number of ether oxygens (including phenoxy) is 1. The van der Waals surface area contributed by atoms with E-state index in [1.165, 1.54) is 12.8 Å². The molecule has 0 bridgehead atoms. The average Bonchev–Trinajstić information content (AvgIpc) is 2.80. The number of thioether (sulfide) groups is 1. The highest BCUT2D eigenvalue weighted by molar-refractivity contribution is 8.00. The maximum atomic E-state index is 6.32. The predicted octanol–water partition coefficient (Wildman–Crippen LogP) is 1.63. The molecule has 2 aliphatic rings. The van der Waals surface area contributed by atoms with Crippen molar-refractivity contribution in [1.82, 2.24) is 0 Å². The first-order valence-corrected chi connectivity index (χ1v) is 6.24. The lowest BCUT2D eigenvalue weighted by Gasteiger charge is -2.35. The van der Waals surface area contributed by atoms with Crippen molar-refractivity contribution in [3.63, 3.8) is 0 Å². The van der Waals surface area contributed by atoms with E-state index >= 15 is 0 Å². The highest BCUT2D eigenvalue weighted by Crippen LogP contribution is 2.55. The molecule has 1 unspecified atom stereocenters. The van der Waals surface area contributed by atoms with Crippen molar-refractivity contribution in [2.45, 2.75) is 43.1 Å². The molecule has 1 heterocycles. The van der Waals surface area contributed by atoms with Gasteiger partial charge in [-0.15, -0.1) is 0 Å². The number of hydrogen-bond acceptors (Lipinski definition) is 3. The standard InChI is InChI=1S/C10H19NOS/c1-7(2)10(13-3)6-12-9(4-5-9)8(10)11/h7-8H,4-6,11H2,1-3H3/t8-,10?/m1/s1. The zero-order valence-electron chi connectivity index (χ0n) is 8.67. The van der Waals surface area contributed by atoms with E-state index in [4.69, 9.17) is 10.5 Å². The van der Waals surface area contributed by atoms with Gasteiger partial charge < -0.3 is 10.5 Å². The molecule has 2 N–H and O–H groups in total. The number of hydrogen-bond donors (Lipinski definition) is 1. The quantitative estimate of drug-likeness (QED) is 0.737. The third-order valence-corrected chi connectivity index (χ3v) is 5.38. The maximum Gasteiger partial charge on any atom is 0.0850 e. The highest BCUT2D eigenvalue weighted by Gasteiger charge is 2.63. The minimum Gasteiger partial charge on any atom is -0.372 e. The lowest BCUT2D eigenvalue weighted by Crippen LogP contribution is -2.51. The van der Waals surface area contributed by atoms with Crippen LogP contribution >= 0.6 is 11.8 Å². The van der Waals surface area contributed by atoms with Crippen LogP contribution in [0.15, 0.2) is 0 Å². The lowest BCUT2D eigenvalue weighted by atomic mass is 9.87. The van der Waals surface area contributed by atoms with Crippen molar-refractivity contribution in [1.29, 1.82) is 0 Å². The second-order valence-corrected chi connectivity index (χ2v) is 5.81. The molecule has 2 rings (SSSR count). The second kappa shape index (κ2) is 2.88. The Bertz CT molecular complexity index is 215. The molecule has 1 saturated carbocycles. The van der Waals surface area contributed by atoms with Crippen molar-refractivity contribution >= 4 is 11.8 Å². The maximum absolute atomic E-state index is 6.32. The van der Waals surface area contributed by atoms with Crippen molar-refractivity contribution < 1.29 is 4.74 Å². The van der Waals surface area contributed by atoms with E-state index in [0.717, 1.165) is 6.61 Å². The SMILES string of the molecule is CSC1(C(C)C)COC2(CC2)[C@H]1N. The van der Waals surface area contributed by atoms with E-state index in [0.29, 0.717) is 5.92 Å². The van der Waals surface area contributed by atoms with Gasteiger partial charge in [0.25, 0.3) is 0 Å². The molecule has 0 radical (unpaired) electrons. The van der Waals surface area contributed by atoms with E-state index in [1.807, 2.05) is 11.8 Å². The summed E-state index contributed by atoms with van der Waals surface area (Å²) in [6.45, 7) is 5.34. The monoisotopic (exact) mass is 201 g/mol. The molecule has 1 aliphatic heterocycles. The van der Waals surface area contributed by atoms with Gasteiger partial charge in [-0.05, 0) is 25.0 Å². The Balaban J connectivity index is 2.22. The van der Waals surface area contributed by atoms with Crippen molar-refractivity contribution in [3.05, 3.63) is 0 Å². The first kappa shape index (κ1) is 9.81. The minimum atomic E-state index is 0.0767. The van der Waals surface area contributed by atoms with Crippen LogP contribution in [0.1, 0.15) is 26.7 Å². The summed E-state index contributed by atoms with van der Waals surface area (Å²) in [5, 5.41) is 0. The van der Waals surface area contributed by atoms with E-state index in [1.54, 1.807) is 0 Å². The first-order chi connectivity index (χ1) is 6.07. The van der Waals surface area contributed by atoms with Crippen molar-refractivity contribution in [2.24, 2.45) is 11.7 Å². The average molecular weight is 201 g/mol. The normalized spacial score (nSPS) is 41.8. The summed E-state index contributed by atoms with van der Waals surface area (Å²) in [4.78, 5) is 0. The Morgan fingerprint density at radius 2 is 2.08 bits per heavy atom. The molecule has 0 amide bonds. The van der Waals surface area contributed by atoms with Crippen LogP contribution in [0.3, 0.4) is 0 Å². The summed E-state index contributed by atoms with van der Waals surface area (Å²) in [5.41, 5.74) is 6.40. The predicted molar refractivity (Wildman–Crippen MR) is 57.0 cm³/mol. The highest BCUT2D eigenvalue weighted by atomic mass is 32.2. The van der Waals surface area contributed by atoms with E-state index in [2.05, 4.69) is 20.1 Å². The van der Waals surface area contributed by atoms with Gasteiger partial charge in [-0.25, -0.2) is 0 Å². The van der Waals surface area contributed by atoms with Crippen molar-refractivity contribution in [2.75, 3.05) is 12.9 Å². The molecule has 2 atom stereocenters. The van der Waals surface area contributed by atoms with Crippen molar-refractivity contribution in [3.8, 4) is 0 Å². The van der Waals surface area contributed by atoms with Gasteiger partial charge in [0.05, 0.1) is 23.0 Å². The zero-order valence-corrected chi connectivity index (χ0v) is 9.49. The van der Waals surface area contributed by atoms with Gasteiger partial charge in [-0.2, -0.15) is 11.8 Å². The van der Waals surface area contributed by atoms with Gasteiger partial charge in [-0.1, -0.05) is 13.8 Å². The summed E-state index contributed by atoms with van der Waals surface area (Å²) in [6, 6.07) is 0.231. The molecule has 1 spiro atoms. The van der Waals surface area contributed by atoms with Gasteiger partial charge in [0.1, 0.15) is 0 Å². The van der Waals surface area contributed by atoms with Crippen LogP contribution in [-0.4, -0.2) is 29.3 Å². The fourth-order valence-electron chi connectivity index (χ4n) is 2.41. The van der Waals surface area contributed by atoms with Gasteiger partial charge >= 0.3 is 0 Å². The Morgan fingerprint density at radius 3 is 2.31 bits per heavy atom. The minimum absolute atomic E-state index is 0.0767. The number of rotatable bonds is 2. The second-order valence-electron chi connectivity index (χ2n) is 4.64. The van der Waals surface area contributed by atoms with Gasteiger partial charge in [0.2, 0.25) is 0 Å². The zero-order chi connectivity index (χ0) is 9.69. The largest absolute Gasteiger partial charge is 0.372 e. The van der Waals surface area contributed by atoms with E-state index in [-0.39, 0.29) is 16.4 Å².